The summed E-state index contributed by atoms with van der Waals surface area (Å²) >= 11 is 0. The molecular formula is C13H18O3. The minimum atomic E-state index is -0.944. The third-order valence-corrected chi connectivity index (χ3v) is 2.89. The molecule has 0 aliphatic rings. The van der Waals surface area contributed by atoms with Crippen LogP contribution in [0.5, 0.6) is 0 Å². The fourth-order valence-electron chi connectivity index (χ4n) is 1.89. The smallest absolute Gasteiger partial charge is 0.309 e. The maximum absolute atomic E-state index is 11.0. The van der Waals surface area contributed by atoms with E-state index >= 15 is 0 Å². The van der Waals surface area contributed by atoms with Crippen LogP contribution in [0.4, 0.5) is 0 Å². The van der Waals surface area contributed by atoms with Gasteiger partial charge in [0.05, 0.1) is 12.0 Å². The van der Waals surface area contributed by atoms with E-state index in [4.69, 9.17) is 5.11 Å². The lowest BCUT2D eigenvalue weighted by molar-refractivity contribution is -0.146. The first-order valence-electron chi connectivity index (χ1n) is 5.60. The van der Waals surface area contributed by atoms with Gasteiger partial charge in [-0.15, -0.1) is 0 Å². The zero-order valence-electron chi connectivity index (χ0n) is 9.68. The largest absolute Gasteiger partial charge is 0.481 e. The number of aryl methyl sites for hydroxylation is 1. The Hall–Kier alpha value is -1.35. The topological polar surface area (TPSA) is 57.5 Å². The number of aliphatic carboxylic acids is 1. The van der Waals surface area contributed by atoms with E-state index in [1.54, 1.807) is 13.0 Å². The lowest BCUT2D eigenvalue weighted by Gasteiger charge is -2.20. The van der Waals surface area contributed by atoms with Crippen LogP contribution < -0.4 is 0 Å². The van der Waals surface area contributed by atoms with E-state index in [1.807, 2.05) is 25.1 Å². The first kappa shape index (κ1) is 12.7. The van der Waals surface area contributed by atoms with Gasteiger partial charge in [-0.1, -0.05) is 38.1 Å². The fraction of sp³-hybridized carbons (Fsp3) is 0.462. The lowest BCUT2D eigenvalue weighted by atomic mass is 9.90. The molecule has 1 aromatic carbocycles. The molecule has 0 spiro atoms. The van der Waals surface area contributed by atoms with Gasteiger partial charge >= 0.3 is 5.97 Å². The van der Waals surface area contributed by atoms with Gasteiger partial charge in [0, 0.05) is 0 Å². The minimum absolute atomic E-state index is 0.425. The number of aliphatic hydroxyl groups is 1. The molecule has 0 saturated heterocycles. The van der Waals surface area contributed by atoms with Gasteiger partial charge in [-0.05, 0) is 24.0 Å². The van der Waals surface area contributed by atoms with Gasteiger partial charge in [-0.2, -0.15) is 0 Å². The van der Waals surface area contributed by atoms with Gasteiger partial charge in [0.15, 0.2) is 0 Å². The van der Waals surface area contributed by atoms with Crippen LogP contribution in [0.1, 0.15) is 37.5 Å². The van der Waals surface area contributed by atoms with E-state index in [-0.39, 0.29) is 0 Å². The number of carbonyl (C=O) groups is 1. The number of carboxylic acids is 1. The predicted octanol–water partition coefficient (Wildman–Crippen LogP) is 2.39. The highest BCUT2D eigenvalue weighted by Gasteiger charge is 2.26. The highest BCUT2D eigenvalue weighted by atomic mass is 16.4. The average molecular weight is 222 g/mol. The molecule has 0 aromatic heterocycles. The molecule has 0 heterocycles. The van der Waals surface area contributed by atoms with Gasteiger partial charge in [-0.3, -0.25) is 4.79 Å². The molecule has 0 aliphatic carbocycles. The number of rotatable bonds is 5. The van der Waals surface area contributed by atoms with Crippen LogP contribution in [0.25, 0.3) is 0 Å². The molecule has 1 aromatic rings. The molecule has 0 bridgehead atoms. The van der Waals surface area contributed by atoms with E-state index in [9.17, 15) is 9.90 Å². The Morgan fingerprint density at radius 2 is 1.94 bits per heavy atom. The van der Waals surface area contributed by atoms with Gasteiger partial charge in [0.25, 0.3) is 0 Å². The third kappa shape index (κ3) is 2.61. The summed E-state index contributed by atoms with van der Waals surface area (Å²) in [6.45, 7) is 3.77. The number of hydrogen-bond acceptors (Lipinski definition) is 2. The van der Waals surface area contributed by atoms with Crippen molar-refractivity contribution in [2.75, 3.05) is 0 Å². The molecule has 0 radical (unpaired) electrons. The molecule has 16 heavy (non-hydrogen) atoms. The van der Waals surface area contributed by atoms with Gasteiger partial charge in [0.2, 0.25) is 0 Å². The highest BCUT2D eigenvalue weighted by Crippen LogP contribution is 2.27. The summed E-state index contributed by atoms with van der Waals surface area (Å²) in [7, 11) is 0. The number of carboxylic acid groups (broad SMARTS) is 1. The second-order valence-electron chi connectivity index (χ2n) is 3.85. The molecule has 0 amide bonds. The molecule has 0 fully saturated rings. The molecule has 3 nitrogen and oxygen atoms in total. The Morgan fingerprint density at radius 1 is 1.31 bits per heavy atom. The molecule has 1 rings (SSSR count). The summed E-state index contributed by atoms with van der Waals surface area (Å²) in [6, 6.07) is 7.45. The van der Waals surface area contributed by atoms with E-state index in [0.717, 1.165) is 17.5 Å². The first-order chi connectivity index (χ1) is 7.61. The maximum Gasteiger partial charge on any atom is 0.309 e. The van der Waals surface area contributed by atoms with Crippen molar-refractivity contribution in [3.05, 3.63) is 35.4 Å². The summed E-state index contributed by atoms with van der Waals surface area (Å²) in [5, 5.41) is 19.1. The van der Waals surface area contributed by atoms with Crippen molar-refractivity contribution in [3.63, 3.8) is 0 Å². The van der Waals surface area contributed by atoms with Crippen LogP contribution in [0.15, 0.2) is 24.3 Å². The monoisotopic (exact) mass is 222 g/mol. The second-order valence-corrected chi connectivity index (χ2v) is 3.85. The molecule has 2 atom stereocenters. The van der Waals surface area contributed by atoms with Crippen molar-refractivity contribution >= 4 is 5.97 Å². The Kier molecular flexibility index (Phi) is 4.50. The molecular weight excluding hydrogens is 204 g/mol. The van der Waals surface area contributed by atoms with Crippen LogP contribution in [0, 0.1) is 5.92 Å². The summed E-state index contributed by atoms with van der Waals surface area (Å²) in [4.78, 5) is 11.0. The fourth-order valence-corrected chi connectivity index (χ4v) is 1.89. The van der Waals surface area contributed by atoms with Crippen LogP contribution in [-0.4, -0.2) is 16.2 Å². The highest BCUT2D eigenvalue weighted by molar-refractivity contribution is 5.71. The Labute approximate surface area is 95.7 Å². The van der Waals surface area contributed by atoms with Gasteiger partial charge in [-0.25, -0.2) is 0 Å². The second kappa shape index (κ2) is 5.66. The summed E-state index contributed by atoms with van der Waals surface area (Å²) in [6.07, 6.45) is 0.302. The Bertz CT molecular complexity index is 360. The summed E-state index contributed by atoms with van der Waals surface area (Å²) < 4.78 is 0. The van der Waals surface area contributed by atoms with Crippen LogP contribution in [-0.2, 0) is 11.2 Å². The quantitative estimate of drug-likeness (QED) is 0.804. The minimum Gasteiger partial charge on any atom is -0.481 e. The first-order valence-corrected chi connectivity index (χ1v) is 5.60. The van der Waals surface area contributed by atoms with E-state index in [1.165, 1.54) is 0 Å². The number of benzene rings is 1. The van der Waals surface area contributed by atoms with Crippen molar-refractivity contribution < 1.29 is 15.0 Å². The van der Waals surface area contributed by atoms with Gasteiger partial charge in [0.1, 0.15) is 0 Å². The Balaban J connectivity index is 3.02. The summed E-state index contributed by atoms with van der Waals surface area (Å²) in [5.41, 5.74) is 1.74. The van der Waals surface area contributed by atoms with Crippen molar-refractivity contribution in [2.45, 2.75) is 32.8 Å². The van der Waals surface area contributed by atoms with Crippen molar-refractivity contribution in [2.24, 2.45) is 5.92 Å². The normalized spacial score (nSPS) is 14.4. The van der Waals surface area contributed by atoms with Crippen LogP contribution >= 0.6 is 0 Å². The predicted molar refractivity (Wildman–Crippen MR) is 62.2 cm³/mol. The molecule has 88 valence electrons. The average Bonchev–Trinajstić information content (AvgIpc) is 2.29. The maximum atomic E-state index is 11.0. The molecule has 0 saturated carbocycles. The van der Waals surface area contributed by atoms with Crippen molar-refractivity contribution in [1.29, 1.82) is 0 Å². The van der Waals surface area contributed by atoms with Crippen LogP contribution in [0.3, 0.4) is 0 Å². The molecule has 2 unspecified atom stereocenters. The molecule has 3 heteroatoms. The molecule has 2 N–H and O–H groups in total. The zero-order valence-corrected chi connectivity index (χ0v) is 9.68. The zero-order chi connectivity index (χ0) is 12.1. The summed E-state index contributed by atoms with van der Waals surface area (Å²) in [5.74, 6) is -1.67. The number of aliphatic hydroxyl groups excluding tert-OH is 1. The molecule has 0 aliphatic heterocycles. The Morgan fingerprint density at radius 3 is 2.44 bits per heavy atom. The number of hydrogen-bond donors (Lipinski definition) is 2. The van der Waals surface area contributed by atoms with Crippen molar-refractivity contribution in [1.82, 2.24) is 0 Å². The van der Waals surface area contributed by atoms with Crippen LogP contribution in [0.2, 0.25) is 0 Å². The van der Waals surface area contributed by atoms with E-state index in [0.29, 0.717) is 6.42 Å². The van der Waals surface area contributed by atoms with Crippen molar-refractivity contribution in [3.8, 4) is 0 Å². The lowest BCUT2D eigenvalue weighted by Crippen LogP contribution is -2.22. The van der Waals surface area contributed by atoms with E-state index < -0.39 is 18.0 Å². The van der Waals surface area contributed by atoms with Gasteiger partial charge < -0.3 is 10.2 Å². The van der Waals surface area contributed by atoms with E-state index in [2.05, 4.69) is 0 Å². The third-order valence-electron chi connectivity index (χ3n) is 2.89. The SMILES string of the molecule is CCc1ccccc1C(O)C(CC)C(=O)O. The standard InChI is InChI=1S/C13H18O3/c1-3-9-7-5-6-8-11(9)12(14)10(4-2)13(15)16/h5-8,10,12,14H,3-4H2,1-2H3,(H,15,16).